The van der Waals surface area contributed by atoms with E-state index < -0.39 is 15.7 Å². The topological polar surface area (TPSA) is 63.4 Å². The summed E-state index contributed by atoms with van der Waals surface area (Å²) in [5.41, 5.74) is 6.10. The molecule has 1 fully saturated rings. The lowest BCUT2D eigenvalue weighted by molar-refractivity contribution is 0.411. The third-order valence-corrected chi connectivity index (χ3v) is 4.75. The lowest BCUT2D eigenvalue weighted by Gasteiger charge is -2.33. The Balaban J connectivity index is 2.18. The minimum atomic E-state index is -3.36. The number of rotatable bonds is 3. The van der Waals surface area contributed by atoms with Crippen LogP contribution in [-0.4, -0.2) is 34.3 Å². The van der Waals surface area contributed by atoms with Crippen molar-refractivity contribution >= 4 is 15.5 Å². The van der Waals surface area contributed by atoms with Crippen molar-refractivity contribution in [3.8, 4) is 0 Å². The molecular weight excluding hydrogens is 267 g/mol. The summed E-state index contributed by atoms with van der Waals surface area (Å²) in [6, 6.07) is 4.11. The van der Waals surface area contributed by atoms with Crippen molar-refractivity contribution in [3.63, 3.8) is 0 Å². The van der Waals surface area contributed by atoms with Crippen LogP contribution in [0.4, 0.5) is 10.1 Å². The van der Waals surface area contributed by atoms with E-state index in [0.717, 1.165) is 38.3 Å². The van der Waals surface area contributed by atoms with Gasteiger partial charge in [-0.25, -0.2) is 12.8 Å². The summed E-state index contributed by atoms with van der Waals surface area (Å²) in [5.74, 6) is 0.0312. The molecule has 1 aliphatic heterocycles. The van der Waals surface area contributed by atoms with Gasteiger partial charge in [-0.2, -0.15) is 0 Å². The molecule has 1 aromatic carbocycles. The Bertz CT molecular complexity index is 552. The molecule has 0 aliphatic carbocycles. The second-order valence-corrected chi connectivity index (χ2v) is 7.07. The van der Waals surface area contributed by atoms with Gasteiger partial charge in [0.15, 0.2) is 9.84 Å². The molecule has 0 aromatic heterocycles. The summed E-state index contributed by atoms with van der Waals surface area (Å²) in [6.07, 6.45) is 2.97. The van der Waals surface area contributed by atoms with Crippen molar-refractivity contribution in [2.45, 2.75) is 17.7 Å². The molecule has 0 unspecified atom stereocenters. The van der Waals surface area contributed by atoms with Crippen LogP contribution >= 0.6 is 0 Å². The zero-order chi connectivity index (χ0) is 14.0. The molecule has 0 radical (unpaired) electrons. The largest absolute Gasteiger partial charge is 0.369 e. The summed E-state index contributed by atoms with van der Waals surface area (Å²) in [7, 11) is -3.36. The van der Waals surface area contributed by atoms with Crippen molar-refractivity contribution < 1.29 is 12.8 Å². The number of sulfone groups is 1. The number of benzene rings is 1. The second-order valence-electron chi connectivity index (χ2n) is 5.05. The van der Waals surface area contributed by atoms with Gasteiger partial charge < -0.3 is 10.6 Å². The van der Waals surface area contributed by atoms with Crippen LogP contribution in [0.1, 0.15) is 12.8 Å². The molecule has 1 aliphatic rings. The van der Waals surface area contributed by atoms with Crippen molar-refractivity contribution in [1.29, 1.82) is 0 Å². The normalized spacial score (nSPS) is 17.7. The Labute approximate surface area is 113 Å². The van der Waals surface area contributed by atoms with Gasteiger partial charge in [0.05, 0.1) is 10.6 Å². The van der Waals surface area contributed by atoms with Gasteiger partial charge in [-0.15, -0.1) is 0 Å². The van der Waals surface area contributed by atoms with Gasteiger partial charge in [-0.05, 0) is 43.5 Å². The molecule has 1 aromatic rings. The monoisotopic (exact) mass is 286 g/mol. The minimum absolute atomic E-state index is 0.0191. The van der Waals surface area contributed by atoms with E-state index in [1.807, 2.05) is 4.90 Å². The number of piperidine rings is 1. The van der Waals surface area contributed by atoms with E-state index in [2.05, 4.69) is 0 Å². The number of nitrogens with two attached hydrogens (primary N) is 1. The minimum Gasteiger partial charge on any atom is -0.369 e. The zero-order valence-corrected chi connectivity index (χ0v) is 11.8. The Hall–Kier alpha value is -1.14. The van der Waals surface area contributed by atoms with Crippen molar-refractivity contribution in [2.75, 3.05) is 30.8 Å². The SMILES string of the molecule is CS(=O)(=O)c1ccc(N2CCC(CN)CC2)c(F)c1. The summed E-state index contributed by atoms with van der Waals surface area (Å²) in [6.45, 7) is 2.19. The molecule has 2 N–H and O–H groups in total. The Kier molecular flexibility index (Phi) is 4.10. The highest BCUT2D eigenvalue weighted by Gasteiger charge is 2.21. The number of hydrogen-bond donors (Lipinski definition) is 1. The molecule has 2 rings (SSSR count). The van der Waals surface area contributed by atoms with E-state index in [1.54, 1.807) is 6.07 Å². The van der Waals surface area contributed by atoms with Gasteiger partial charge in [0.1, 0.15) is 5.82 Å². The third-order valence-electron chi connectivity index (χ3n) is 3.64. The van der Waals surface area contributed by atoms with Gasteiger partial charge in [0.2, 0.25) is 0 Å². The van der Waals surface area contributed by atoms with Crippen LogP contribution in [-0.2, 0) is 9.84 Å². The van der Waals surface area contributed by atoms with E-state index in [-0.39, 0.29) is 4.90 Å². The quantitative estimate of drug-likeness (QED) is 0.912. The maximum Gasteiger partial charge on any atom is 0.175 e. The number of nitrogens with zero attached hydrogens (tertiary/aromatic N) is 1. The average molecular weight is 286 g/mol. The van der Waals surface area contributed by atoms with E-state index in [4.69, 9.17) is 5.73 Å². The highest BCUT2D eigenvalue weighted by atomic mass is 32.2. The van der Waals surface area contributed by atoms with Crippen LogP contribution in [0.3, 0.4) is 0 Å². The summed E-state index contributed by atoms with van der Waals surface area (Å²) in [4.78, 5) is 1.97. The molecule has 0 amide bonds. The van der Waals surface area contributed by atoms with Crippen LogP contribution in [0.2, 0.25) is 0 Å². The van der Waals surface area contributed by atoms with Crippen molar-refractivity contribution in [1.82, 2.24) is 0 Å². The van der Waals surface area contributed by atoms with E-state index in [1.165, 1.54) is 6.07 Å². The van der Waals surface area contributed by atoms with Crippen molar-refractivity contribution in [3.05, 3.63) is 24.0 Å². The first-order valence-corrected chi connectivity index (χ1v) is 8.25. The molecular formula is C13H19FN2O2S. The summed E-state index contributed by atoms with van der Waals surface area (Å²) in [5, 5.41) is 0. The van der Waals surface area contributed by atoms with Gasteiger partial charge in [-0.3, -0.25) is 0 Å². The van der Waals surface area contributed by atoms with Crippen LogP contribution in [0.25, 0.3) is 0 Å². The Morgan fingerprint density at radius 2 is 2.00 bits per heavy atom. The number of anilines is 1. The van der Waals surface area contributed by atoms with Gasteiger partial charge in [0.25, 0.3) is 0 Å². The first kappa shape index (κ1) is 14.3. The smallest absolute Gasteiger partial charge is 0.175 e. The fraction of sp³-hybridized carbons (Fsp3) is 0.538. The molecule has 4 nitrogen and oxygen atoms in total. The highest BCUT2D eigenvalue weighted by molar-refractivity contribution is 7.90. The van der Waals surface area contributed by atoms with E-state index in [0.29, 0.717) is 18.2 Å². The van der Waals surface area contributed by atoms with Crippen LogP contribution < -0.4 is 10.6 Å². The predicted octanol–water partition coefficient (Wildman–Crippen LogP) is 1.40. The molecule has 1 saturated heterocycles. The number of hydrogen-bond acceptors (Lipinski definition) is 4. The first-order chi connectivity index (χ1) is 8.91. The molecule has 0 saturated carbocycles. The zero-order valence-electron chi connectivity index (χ0n) is 11.0. The fourth-order valence-corrected chi connectivity index (χ4v) is 3.02. The second kappa shape index (κ2) is 5.46. The highest BCUT2D eigenvalue weighted by Crippen LogP contribution is 2.27. The molecule has 0 spiro atoms. The molecule has 106 valence electrons. The van der Waals surface area contributed by atoms with Crippen LogP contribution in [0.5, 0.6) is 0 Å². The molecule has 6 heteroatoms. The lowest BCUT2D eigenvalue weighted by atomic mass is 9.97. The van der Waals surface area contributed by atoms with Crippen LogP contribution in [0, 0.1) is 11.7 Å². The predicted molar refractivity (Wildman–Crippen MR) is 73.5 cm³/mol. The fourth-order valence-electron chi connectivity index (χ4n) is 2.38. The van der Waals surface area contributed by atoms with E-state index in [9.17, 15) is 12.8 Å². The summed E-state index contributed by atoms with van der Waals surface area (Å²) < 4.78 is 36.7. The van der Waals surface area contributed by atoms with E-state index >= 15 is 0 Å². The van der Waals surface area contributed by atoms with Gasteiger partial charge >= 0.3 is 0 Å². The molecule has 19 heavy (non-hydrogen) atoms. The van der Waals surface area contributed by atoms with Crippen molar-refractivity contribution in [2.24, 2.45) is 11.7 Å². The van der Waals surface area contributed by atoms with Gasteiger partial charge in [-0.1, -0.05) is 0 Å². The maximum absolute atomic E-state index is 14.0. The maximum atomic E-state index is 14.0. The number of halogens is 1. The van der Waals surface area contributed by atoms with Gasteiger partial charge in [0, 0.05) is 19.3 Å². The Morgan fingerprint density at radius 1 is 1.37 bits per heavy atom. The standard InChI is InChI=1S/C13H19FN2O2S/c1-19(17,18)11-2-3-13(12(14)8-11)16-6-4-10(9-15)5-7-16/h2-3,8,10H,4-7,9,15H2,1H3. The lowest BCUT2D eigenvalue weighted by Crippen LogP contribution is -2.36. The third kappa shape index (κ3) is 3.25. The average Bonchev–Trinajstić information content (AvgIpc) is 2.38. The van der Waals surface area contributed by atoms with Crippen LogP contribution in [0.15, 0.2) is 23.1 Å². The molecule has 0 bridgehead atoms. The summed E-state index contributed by atoms with van der Waals surface area (Å²) >= 11 is 0. The molecule has 0 atom stereocenters. The molecule has 1 heterocycles. The Morgan fingerprint density at radius 3 is 2.47 bits per heavy atom. The first-order valence-electron chi connectivity index (χ1n) is 6.36.